The largest absolute Gasteiger partial charge is 0.389 e. The summed E-state index contributed by atoms with van der Waals surface area (Å²) in [7, 11) is 1.59. The number of hydrogen-bond acceptors (Lipinski definition) is 6. The highest BCUT2D eigenvalue weighted by Gasteiger charge is 2.02. The highest BCUT2D eigenvalue weighted by Crippen LogP contribution is 2.18. The van der Waals surface area contributed by atoms with Crippen LogP contribution < -0.4 is 16.4 Å². The van der Waals surface area contributed by atoms with E-state index in [1.54, 1.807) is 13.3 Å². The maximum Gasteiger partial charge on any atom is 0.239 e. The molecule has 0 fully saturated rings. The number of nitrogens with two attached hydrogens (primary N) is 1. The molecular formula is C8H14N4O2S. The number of carbonyl (C=O) groups is 1. The highest BCUT2D eigenvalue weighted by molar-refractivity contribution is 7.19. The second kappa shape index (κ2) is 6.20. The number of rotatable bonds is 6. The lowest BCUT2D eigenvalue weighted by Gasteiger charge is -2.04. The van der Waals surface area contributed by atoms with Crippen LogP contribution in [0.15, 0.2) is 6.20 Å². The number of aromatic nitrogens is 1. The van der Waals surface area contributed by atoms with Crippen LogP contribution in [0, 0.1) is 0 Å². The molecule has 0 unspecified atom stereocenters. The Morgan fingerprint density at radius 1 is 1.73 bits per heavy atom. The summed E-state index contributed by atoms with van der Waals surface area (Å²) in [6, 6.07) is 0. The van der Waals surface area contributed by atoms with Crippen LogP contribution in [0.5, 0.6) is 0 Å². The van der Waals surface area contributed by atoms with Crippen LogP contribution in [0.2, 0.25) is 0 Å². The zero-order chi connectivity index (χ0) is 11.1. The van der Waals surface area contributed by atoms with Gasteiger partial charge in [-0.25, -0.2) is 4.98 Å². The summed E-state index contributed by atoms with van der Waals surface area (Å²) < 4.78 is 4.80. The van der Waals surface area contributed by atoms with Crippen LogP contribution in [0.1, 0.15) is 0 Å². The van der Waals surface area contributed by atoms with Gasteiger partial charge in [-0.2, -0.15) is 0 Å². The second-order valence-electron chi connectivity index (χ2n) is 2.76. The Kier molecular flexibility index (Phi) is 4.85. The minimum atomic E-state index is -0.0965. The molecule has 1 amide bonds. The third-order valence-electron chi connectivity index (χ3n) is 1.55. The molecule has 1 aromatic heterocycles. The minimum absolute atomic E-state index is 0.0965. The average Bonchev–Trinajstić information content (AvgIpc) is 2.62. The maximum atomic E-state index is 11.2. The maximum absolute atomic E-state index is 11.2. The number of ether oxygens (including phenoxy) is 1. The lowest BCUT2D eigenvalue weighted by atomic mass is 10.5. The van der Waals surface area contributed by atoms with E-state index in [9.17, 15) is 4.79 Å². The van der Waals surface area contributed by atoms with Crippen LogP contribution in [-0.2, 0) is 9.53 Å². The molecular weight excluding hydrogens is 216 g/mol. The SMILES string of the molecule is COCCNC(=O)CNc1ncc(N)s1. The number of thiazole rings is 1. The van der Waals surface area contributed by atoms with E-state index in [0.717, 1.165) is 0 Å². The van der Waals surface area contributed by atoms with Crippen molar-refractivity contribution in [2.24, 2.45) is 0 Å². The van der Waals surface area contributed by atoms with Crippen molar-refractivity contribution >= 4 is 27.4 Å². The highest BCUT2D eigenvalue weighted by atomic mass is 32.1. The molecule has 0 aliphatic heterocycles. The zero-order valence-electron chi connectivity index (χ0n) is 8.45. The fourth-order valence-electron chi connectivity index (χ4n) is 0.879. The topological polar surface area (TPSA) is 89.3 Å². The van der Waals surface area contributed by atoms with Crippen molar-refractivity contribution in [1.29, 1.82) is 0 Å². The van der Waals surface area contributed by atoms with Gasteiger partial charge < -0.3 is 21.1 Å². The number of hydrogen-bond donors (Lipinski definition) is 3. The van der Waals surface area contributed by atoms with Gasteiger partial charge >= 0.3 is 0 Å². The normalized spacial score (nSPS) is 9.93. The molecule has 0 spiro atoms. The van der Waals surface area contributed by atoms with Crippen LogP contribution in [0.25, 0.3) is 0 Å². The Morgan fingerprint density at radius 2 is 2.53 bits per heavy atom. The lowest BCUT2D eigenvalue weighted by molar-refractivity contribution is -0.119. The third kappa shape index (κ3) is 4.61. The summed E-state index contributed by atoms with van der Waals surface area (Å²) in [5.41, 5.74) is 5.48. The molecule has 0 saturated carbocycles. The molecule has 4 N–H and O–H groups in total. The Hall–Kier alpha value is -1.34. The average molecular weight is 230 g/mol. The van der Waals surface area contributed by atoms with E-state index < -0.39 is 0 Å². The number of nitrogens with one attached hydrogen (secondary N) is 2. The standard InChI is InChI=1S/C8H14N4O2S/c1-14-3-2-10-7(13)5-12-8-11-4-6(9)15-8/h4H,2-3,5,9H2,1H3,(H,10,13)(H,11,12). The van der Waals surface area contributed by atoms with Gasteiger partial charge in [0.25, 0.3) is 0 Å². The quantitative estimate of drug-likeness (QED) is 0.594. The molecule has 0 saturated heterocycles. The van der Waals surface area contributed by atoms with Crippen LogP contribution >= 0.6 is 11.3 Å². The van der Waals surface area contributed by atoms with Gasteiger partial charge in [-0.15, -0.1) is 0 Å². The number of nitrogens with zero attached hydrogens (tertiary/aromatic N) is 1. The Balaban J connectivity index is 2.16. The van der Waals surface area contributed by atoms with Gasteiger partial charge in [0.1, 0.15) is 5.00 Å². The predicted molar refractivity (Wildman–Crippen MR) is 59.9 cm³/mol. The van der Waals surface area contributed by atoms with Crippen molar-refractivity contribution < 1.29 is 9.53 Å². The van der Waals surface area contributed by atoms with Gasteiger partial charge in [-0.05, 0) is 0 Å². The molecule has 0 aromatic carbocycles. The van der Waals surface area contributed by atoms with Crippen molar-refractivity contribution in [3.63, 3.8) is 0 Å². The Morgan fingerprint density at radius 3 is 3.13 bits per heavy atom. The summed E-state index contributed by atoms with van der Waals surface area (Å²) in [6.45, 7) is 1.21. The van der Waals surface area contributed by atoms with Crippen LogP contribution in [-0.4, -0.2) is 37.7 Å². The number of nitrogen functional groups attached to an aromatic ring is 1. The summed E-state index contributed by atoms with van der Waals surface area (Å²) >= 11 is 1.31. The number of amides is 1. The first kappa shape index (κ1) is 11.7. The summed E-state index contributed by atoms with van der Waals surface area (Å²) in [5.74, 6) is -0.0965. The lowest BCUT2D eigenvalue weighted by Crippen LogP contribution is -2.32. The number of methoxy groups -OCH3 is 1. The fourth-order valence-corrected chi connectivity index (χ4v) is 1.46. The van der Waals surface area contributed by atoms with Crippen LogP contribution in [0.3, 0.4) is 0 Å². The van der Waals surface area contributed by atoms with E-state index in [-0.39, 0.29) is 12.5 Å². The van der Waals surface area contributed by atoms with Gasteiger partial charge in [0.2, 0.25) is 5.91 Å². The fraction of sp³-hybridized carbons (Fsp3) is 0.500. The molecule has 84 valence electrons. The van der Waals surface area contributed by atoms with Gasteiger partial charge in [0, 0.05) is 13.7 Å². The molecule has 1 rings (SSSR count). The molecule has 6 nitrogen and oxygen atoms in total. The van der Waals surface area contributed by atoms with E-state index >= 15 is 0 Å². The van der Waals surface area contributed by atoms with Gasteiger partial charge in [0.05, 0.1) is 19.3 Å². The van der Waals surface area contributed by atoms with Gasteiger partial charge in [-0.1, -0.05) is 11.3 Å². The van der Waals surface area contributed by atoms with E-state index in [0.29, 0.717) is 23.3 Å². The number of anilines is 2. The minimum Gasteiger partial charge on any atom is -0.389 e. The summed E-state index contributed by atoms with van der Waals surface area (Å²) in [4.78, 5) is 15.2. The molecule has 0 aliphatic rings. The molecule has 1 aromatic rings. The van der Waals surface area contributed by atoms with Crippen molar-refractivity contribution in [3.05, 3.63) is 6.20 Å². The van der Waals surface area contributed by atoms with Crippen molar-refractivity contribution in [2.45, 2.75) is 0 Å². The Bertz CT molecular complexity index is 315. The molecule has 0 atom stereocenters. The van der Waals surface area contributed by atoms with Gasteiger partial charge in [0.15, 0.2) is 5.13 Å². The van der Waals surface area contributed by atoms with Crippen molar-refractivity contribution in [2.75, 3.05) is 37.9 Å². The third-order valence-corrected chi connectivity index (χ3v) is 2.34. The molecule has 0 radical (unpaired) electrons. The van der Waals surface area contributed by atoms with E-state index in [4.69, 9.17) is 10.5 Å². The summed E-state index contributed by atoms with van der Waals surface area (Å²) in [6.07, 6.45) is 1.55. The summed E-state index contributed by atoms with van der Waals surface area (Å²) in [5, 5.41) is 6.82. The smallest absolute Gasteiger partial charge is 0.239 e. The molecule has 15 heavy (non-hydrogen) atoms. The molecule has 7 heteroatoms. The van der Waals surface area contributed by atoms with Gasteiger partial charge in [-0.3, -0.25) is 4.79 Å². The molecule has 0 aliphatic carbocycles. The first-order chi connectivity index (χ1) is 7.22. The predicted octanol–water partition coefficient (Wildman–Crippen LogP) is -0.100. The first-order valence-electron chi connectivity index (χ1n) is 4.43. The second-order valence-corrected chi connectivity index (χ2v) is 3.83. The van der Waals surface area contributed by atoms with E-state index in [2.05, 4.69) is 15.6 Å². The molecule has 1 heterocycles. The van der Waals surface area contributed by atoms with Crippen molar-refractivity contribution in [1.82, 2.24) is 10.3 Å². The van der Waals surface area contributed by atoms with E-state index in [1.165, 1.54) is 11.3 Å². The van der Waals surface area contributed by atoms with Crippen LogP contribution in [0.4, 0.5) is 10.1 Å². The zero-order valence-corrected chi connectivity index (χ0v) is 9.26. The monoisotopic (exact) mass is 230 g/mol. The van der Waals surface area contributed by atoms with Crippen molar-refractivity contribution in [3.8, 4) is 0 Å². The number of carbonyl (C=O) groups excluding carboxylic acids is 1. The Labute approximate surface area is 91.8 Å². The first-order valence-corrected chi connectivity index (χ1v) is 5.25. The van der Waals surface area contributed by atoms with E-state index in [1.807, 2.05) is 0 Å². The molecule has 0 bridgehead atoms.